The second kappa shape index (κ2) is 5.71. The maximum Gasteiger partial charge on any atom is 0.261 e. The first-order valence-corrected chi connectivity index (χ1v) is 6.37. The van der Waals surface area contributed by atoms with Crippen LogP contribution in [0.15, 0.2) is 48.5 Å². The standard InChI is InChI=1S/C15H14N2O2S/c1-17(11-8-6-10(7-9-11)14(16)20)15(19)12-4-2-3-5-13(12)18/h2-9,18H,1H3,(H2,16,20). The van der Waals surface area contributed by atoms with Crippen molar-refractivity contribution >= 4 is 28.8 Å². The van der Waals surface area contributed by atoms with E-state index in [1.165, 1.54) is 11.0 Å². The van der Waals surface area contributed by atoms with Gasteiger partial charge in [0.1, 0.15) is 10.7 Å². The summed E-state index contributed by atoms with van der Waals surface area (Å²) < 4.78 is 0. The summed E-state index contributed by atoms with van der Waals surface area (Å²) in [5, 5.41) is 9.71. The zero-order chi connectivity index (χ0) is 14.7. The van der Waals surface area contributed by atoms with Crippen LogP contribution in [0.3, 0.4) is 0 Å². The minimum atomic E-state index is -0.286. The highest BCUT2D eigenvalue weighted by molar-refractivity contribution is 7.80. The topological polar surface area (TPSA) is 66.6 Å². The van der Waals surface area contributed by atoms with Crippen molar-refractivity contribution in [2.24, 2.45) is 5.73 Å². The number of anilines is 1. The molecule has 0 spiro atoms. The van der Waals surface area contributed by atoms with Crippen LogP contribution in [0.5, 0.6) is 5.75 Å². The molecule has 102 valence electrons. The number of nitrogens with zero attached hydrogens (tertiary/aromatic N) is 1. The number of benzene rings is 2. The van der Waals surface area contributed by atoms with Gasteiger partial charge in [0.2, 0.25) is 0 Å². The number of para-hydroxylation sites is 1. The highest BCUT2D eigenvalue weighted by Crippen LogP contribution is 2.21. The summed E-state index contributed by atoms with van der Waals surface area (Å²) in [5.41, 5.74) is 7.22. The first-order valence-electron chi connectivity index (χ1n) is 5.96. The van der Waals surface area contributed by atoms with Gasteiger partial charge in [0.05, 0.1) is 5.56 Å². The number of phenolic OH excluding ortho intramolecular Hbond substituents is 1. The van der Waals surface area contributed by atoms with E-state index >= 15 is 0 Å². The second-order valence-electron chi connectivity index (χ2n) is 4.29. The lowest BCUT2D eigenvalue weighted by Crippen LogP contribution is -2.26. The number of hydrogen-bond donors (Lipinski definition) is 2. The third kappa shape index (κ3) is 2.78. The molecule has 0 saturated carbocycles. The summed E-state index contributed by atoms with van der Waals surface area (Å²) in [4.78, 5) is 14.1. The molecule has 0 aliphatic heterocycles. The van der Waals surface area contributed by atoms with Crippen molar-refractivity contribution in [1.82, 2.24) is 0 Å². The Morgan fingerprint density at radius 3 is 2.30 bits per heavy atom. The maximum absolute atomic E-state index is 12.3. The normalized spacial score (nSPS) is 10.1. The first kappa shape index (κ1) is 14.0. The van der Waals surface area contributed by atoms with Gasteiger partial charge < -0.3 is 15.7 Å². The molecule has 0 aliphatic carbocycles. The molecule has 0 bridgehead atoms. The van der Waals surface area contributed by atoms with E-state index in [2.05, 4.69) is 0 Å². The van der Waals surface area contributed by atoms with Crippen LogP contribution in [0.2, 0.25) is 0 Å². The molecule has 0 saturated heterocycles. The fourth-order valence-electron chi connectivity index (χ4n) is 1.80. The molecule has 3 N–H and O–H groups in total. The van der Waals surface area contributed by atoms with Crippen LogP contribution >= 0.6 is 12.2 Å². The number of thiocarbonyl (C=S) groups is 1. The van der Waals surface area contributed by atoms with Crippen LogP contribution in [0, 0.1) is 0 Å². The van der Waals surface area contributed by atoms with Gasteiger partial charge in [0, 0.05) is 18.3 Å². The molecule has 1 amide bonds. The van der Waals surface area contributed by atoms with Crippen molar-refractivity contribution in [3.8, 4) is 5.75 Å². The summed E-state index contributed by atoms with van der Waals surface area (Å²) in [6.45, 7) is 0. The molecule has 20 heavy (non-hydrogen) atoms. The Morgan fingerprint density at radius 1 is 1.15 bits per heavy atom. The largest absolute Gasteiger partial charge is 0.507 e. The molecule has 0 unspecified atom stereocenters. The van der Waals surface area contributed by atoms with E-state index in [1.54, 1.807) is 49.5 Å². The zero-order valence-electron chi connectivity index (χ0n) is 10.9. The minimum absolute atomic E-state index is 0.0379. The molecule has 5 heteroatoms. The van der Waals surface area contributed by atoms with E-state index in [4.69, 9.17) is 18.0 Å². The van der Waals surface area contributed by atoms with Gasteiger partial charge in [-0.2, -0.15) is 0 Å². The van der Waals surface area contributed by atoms with Crippen LogP contribution in [0.4, 0.5) is 5.69 Å². The van der Waals surface area contributed by atoms with Gasteiger partial charge in [0.15, 0.2) is 0 Å². The third-order valence-corrected chi connectivity index (χ3v) is 3.21. The number of hydrogen-bond acceptors (Lipinski definition) is 3. The van der Waals surface area contributed by atoms with Crippen molar-refractivity contribution in [2.75, 3.05) is 11.9 Å². The van der Waals surface area contributed by atoms with Crippen molar-refractivity contribution in [2.45, 2.75) is 0 Å². The lowest BCUT2D eigenvalue weighted by atomic mass is 10.1. The number of nitrogens with two attached hydrogens (primary N) is 1. The molecule has 2 aromatic rings. The quantitative estimate of drug-likeness (QED) is 0.850. The maximum atomic E-state index is 12.3. The fraction of sp³-hybridized carbons (Fsp3) is 0.0667. The molecule has 2 rings (SSSR count). The summed E-state index contributed by atoms with van der Waals surface area (Å²) in [6, 6.07) is 13.5. The first-order chi connectivity index (χ1) is 9.50. The lowest BCUT2D eigenvalue weighted by Gasteiger charge is -2.18. The SMILES string of the molecule is CN(C(=O)c1ccccc1O)c1ccc(C(N)=S)cc1. The Morgan fingerprint density at radius 2 is 1.75 bits per heavy atom. The Kier molecular flexibility index (Phi) is 4.00. The molecule has 4 nitrogen and oxygen atoms in total. The van der Waals surface area contributed by atoms with Gasteiger partial charge in [0.25, 0.3) is 5.91 Å². The predicted octanol–water partition coefficient (Wildman–Crippen LogP) is 2.30. The monoisotopic (exact) mass is 286 g/mol. The van der Waals surface area contributed by atoms with Gasteiger partial charge in [-0.15, -0.1) is 0 Å². The van der Waals surface area contributed by atoms with Crippen LogP contribution in [0.1, 0.15) is 15.9 Å². The molecule has 0 heterocycles. The predicted molar refractivity (Wildman–Crippen MR) is 83.2 cm³/mol. The number of phenols is 1. The molecule has 0 aromatic heterocycles. The third-order valence-electron chi connectivity index (χ3n) is 2.98. The van der Waals surface area contributed by atoms with Gasteiger partial charge in [-0.1, -0.05) is 24.4 Å². The Labute approximate surface area is 122 Å². The number of amides is 1. The van der Waals surface area contributed by atoms with Crippen molar-refractivity contribution in [3.63, 3.8) is 0 Å². The fourth-order valence-corrected chi connectivity index (χ4v) is 1.94. The van der Waals surface area contributed by atoms with Crippen LogP contribution in [0.25, 0.3) is 0 Å². The van der Waals surface area contributed by atoms with Gasteiger partial charge in [-0.05, 0) is 36.4 Å². The van der Waals surface area contributed by atoms with Crippen molar-refractivity contribution in [3.05, 3.63) is 59.7 Å². The van der Waals surface area contributed by atoms with Gasteiger partial charge in [-0.25, -0.2) is 0 Å². The molecule has 0 atom stereocenters. The Bertz CT molecular complexity index is 653. The average molecular weight is 286 g/mol. The highest BCUT2D eigenvalue weighted by Gasteiger charge is 2.16. The number of aromatic hydroxyl groups is 1. The van der Waals surface area contributed by atoms with E-state index in [1.807, 2.05) is 0 Å². The lowest BCUT2D eigenvalue weighted by molar-refractivity contribution is 0.0990. The van der Waals surface area contributed by atoms with E-state index in [9.17, 15) is 9.90 Å². The van der Waals surface area contributed by atoms with Crippen molar-refractivity contribution < 1.29 is 9.90 Å². The van der Waals surface area contributed by atoms with Crippen molar-refractivity contribution in [1.29, 1.82) is 0 Å². The highest BCUT2D eigenvalue weighted by atomic mass is 32.1. The number of carbonyl (C=O) groups is 1. The molecule has 0 aliphatic rings. The molecule has 0 radical (unpaired) electrons. The smallest absolute Gasteiger partial charge is 0.261 e. The van der Waals surface area contributed by atoms with Crippen LogP contribution in [-0.4, -0.2) is 23.0 Å². The minimum Gasteiger partial charge on any atom is -0.507 e. The summed E-state index contributed by atoms with van der Waals surface area (Å²) in [5.74, 6) is -0.324. The van der Waals surface area contributed by atoms with Crippen LogP contribution < -0.4 is 10.6 Å². The van der Waals surface area contributed by atoms with Crippen LogP contribution in [-0.2, 0) is 0 Å². The summed E-state index contributed by atoms with van der Waals surface area (Å²) >= 11 is 4.88. The molecule has 2 aromatic carbocycles. The van der Waals surface area contributed by atoms with Gasteiger partial charge in [-0.3, -0.25) is 4.79 Å². The Balaban J connectivity index is 2.27. The summed E-state index contributed by atoms with van der Waals surface area (Å²) in [6.07, 6.45) is 0. The molecular weight excluding hydrogens is 272 g/mol. The number of carbonyl (C=O) groups excluding carboxylic acids is 1. The van der Waals surface area contributed by atoms with E-state index in [0.29, 0.717) is 10.7 Å². The summed E-state index contributed by atoms with van der Waals surface area (Å²) in [7, 11) is 1.64. The average Bonchev–Trinajstić information content (AvgIpc) is 2.46. The van der Waals surface area contributed by atoms with Gasteiger partial charge >= 0.3 is 0 Å². The molecule has 0 fully saturated rings. The number of rotatable bonds is 3. The van der Waals surface area contributed by atoms with E-state index in [-0.39, 0.29) is 17.2 Å². The molecular formula is C15H14N2O2S. The second-order valence-corrected chi connectivity index (χ2v) is 4.73. The zero-order valence-corrected chi connectivity index (χ0v) is 11.7. The van der Waals surface area contributed by atoms with E-state index < -0.39 is 0 Å². The van der Waals surface area contributed by atoms with E-state index in [0.717, 1.165) is 5.56 Å². The Hall–Kier alpha value is -2.40.